The molecule has 0 bridgehead atoms. The largest absolute Gasteiger partial charge is 0.497 e. The van der Waals surface area contributed by atoms with Gasteiger partial charge in [0.2, 0.25) is 0 Å². The lowest BCUT2D eigenvalue weighted by Crippen LogP contribution is -2.11. The Hall–Kier alpha value is -3.92. The van der Waals surface area contributed by atoms with Crippen LogP contribution >= 0.6 is 0 Å². The van der Waals surface area contributed by atoms with Gasteiger partial charge in [0.05, 0.1) is 18.5 Å². The van der Waals surface area contributed by atoms with Crippen molar-refractivity contribution in [2.45, 2.75) is 32.6 Å². The molecular formula is C30H30N2O2. The number of nitrogens with one attached hydrogen (secondary N) is 1. The second kappa shape index (κ2) is 11.3. The third-order valence-electron chi connectivity index (χ3n) is 5.84. The zero-order chi connectivity index (χ0) is 23.8. The molecule has 0 aliphatic rings. The highest BCUT2D eigenvalue weighted by Gasteiger charge is 2.09. The molecule has 0 aliphatic heterocycles. The van der Waals surface area contributed by atoms with Crippen molar-refractivity contribution in [3.05, 3.63) is 102 Å². The van der Waals surface area contributed by atoms with Crippen LogP contribution in [0.15, 0.2) is 91.0 Å². The van der Waals surface area contributed by atoms with Gasteiger partial charge in [0, 0.05) is 22.4 Å². The van der Waals surface area contributed by atoms with Crippen LogP contribution < -0.4 is 10.1 Å². The molecule has 172 valence electrons. The summed E-state index contributed by atoms with van der Waals surface area (Å²) in [6.07, 6.45) is 4.68. The molecule has 0 saturated heterocycles. The molecule has 0 radical (unpaired) electrons. The van der Waals surface area contributed by atoms with Gasteiger partial charge in [-0.15, -0.1) is 0 Å². The van der Waals surface area contributed by atoms with Crippen LogP contribution in [0, 0.1) is 0 Å². The number of methoxy groups -OCH3 is 1. The molecule has 0 fully saturated rings. The summed E-state index contributed by atoms with van der Waals surface area (Å²) in [6, 6.07) is 29.5. The van der Waals surface area contributed by atoms with Crippen molar-refractivity contribution in [3.8, 4) is 28.3 Å². The van der Waals surface area contributed by atoms with E-state index in [-0.39, 0.29) is 5.91 Å². The van der Waals surface area contributed by atoms with E-state index in [0.29, 0.717) is 5.56 Å². The highest BCUT2D eigenvalue weighted by molar-refractivity contribution is 6.04. The van der Waals surface area contributed by atoms with Crippen molar-refractivity contribution in [2.24, 2.45) is 0 Å². The van der Waals surface area contributed by atoms with Crippen molar-refractivity contribution in [2.75, 3.05) is 12.4 Å². The number of aromatic nitrogens is 1. The van der Waals surface area contributed by atoms with Crippen molar-refractivity contribution in [1.82, 2.24) is 4.98 Å². The third kappa shape index (κ3) is 5.90. The summed E-state index contributed by atoms with van der Waals surface area (Å²) in [5.74, 6) is 0.701. The summed E-state index contributed by atoms with van der Waals surface area (Å²) >= 11 is 0. The number of hydrogen-bond acceptors (Lipinski definition) is 3. The molecule has 0 unspecified atom stereocenters. The first-order valence-corrected chi connectivity index (χ1v) is 11.8. The fourth-order valence-electron chi connectivity index (χ4n) is 3.88. The van der Waals surface area contributed by atoms with Gasteiger partial charge in [-0.1, -0.05) is 50.1 Å². The topological polar surface area (TPSA) is 51.2 Å². The van der Waals surface area contributed by atoms with E-state index in [4.69, 9.17) is 9.72 Å². The number of aryl methyl sites for hydroxylation is 1. The average molecular weight is 451 g/mol. The molecule has 0 aliphatic carbocycles. The number of hydrogen-bond donors (Lipinski definition) is 1. The fourth-order valence-corrected chi connectivity index (χ4v) is 3.88. The normalized spacial score (nSPS) is 10.6. The second-order valence-electron chi connectivity index (χ2n) is 8.33. The van der Waals surface area contributed by atoms with E-state index < -0.39 is 0 Å². The van der Waals surface area contributed by atoms with Gasteiger partial charge < -0.3 is 10.1 Å². The highest BCUT2D eigenvalue weighted by atomic mass is 16.5. The molecule has 0 spiro atoms. The standard InChI is InChI=1S/C30H30N2O2/c1-3-4-5-8-22-13-15-24(16-14-22)30(33)31-26-10-6-9-25(21-26)29-12-7-11-28(32-29)23-17-19-27(34-2)20-18-23/h6-7,9-21H,3-5,8H2,1-2H3,(H,31,33). The van der Waals surface area contributed by atoms with Gasteiger partial charge in [-0.05, 0) is 79.1 Å². The van der Waals surface area contributed by atoms with E-state index >= 15 is 0 Å². The van der Waals surface area contributed by atoms with Crippen LogP contribution in [0.2, 0.25) is 0 Å². The van der Waals surface area contributed by atoms with Crippen LogP contribution in [-0.4, -0.2) is 18.0 Å². The van der Waals surface area contributed by atoms with Crippen LogP contribution in [0.25, 0.3) is 22.5 Å². The Kier molecular flexibility index (Phi) is 7.71. The Labute approximate surface area is 201 Å². The number of pyridine rings is 1. The Bertz CT molecular complexity index is 1230. The zero-order valence-corrected chi connectivity index (χ0v) is 19.8. The Balaban J connectivity index is 1.47. The zero-order valence-electron chi connectivity index (χ0n) is 19.8. The number of carbonyl (C=O) groups excluding carboxylic acids is 1. The molecular weight excluding hydrogens is 420 g/mol. The summed E-state index contributed by atoms with van der Waals surface area (Å²) in [4.78, 5) is 17.6. The van der Waals surface area contributed by atoms with Gasteiger partial charge in [-0.2, -0.15) is 0 Å². The molecule has 4 aromatic rings. The van der Waals surface area contributed by atoms with E-state index in [2.05, 4.69) is 24.4 Å². The molecule has 4 rings (SSSR count). The monoisotopic (exact) mass is 450 g/mol. The molecule has 3 aromatic carbocycles. The summed E-state index contributed by atoms with van der Waals surface area (Å²) in [6.45, 7) is 2.20. The minimum atomic E-state index is -0.114. The van der Waals surface area contributed by atoms with Crippen molar-refractivity contribution >= 4 is 11.6 Å². The number of amides is 1. The first kappa shape index (κ1) is 23.2. The minimum Gasteiger partial charge on any atom is -0.497 e. The number of rotatable bonds is 9. The predicted octanol–water partition coefficient (Wildman–Crippen LogP) is 7.41. The lowest BCUT2D eigenvalue weighted by Gasteiger charge is -2.09. The number of carbonyl (C=O) groups is 1. The maximum absolute atomic E-state index is 12.8. The molecule has 4 heteroatoms. The van der Waals surface area contributed by atoms with Gasteiger partial charge in [-0.3, -0.25) is 4.79 Å². The van der Waals surface area contributed by atoms with Gasteiger partial charge in [-0.25, -0.2) is 4.98 Å². The molecule has 1 N–H and O–H groups in total. The van der Waals surface area contributed by atoms with Crippen LogP contribution in [0.5, 0.6) is 5.75 Å². The number of anilines is 1. The smallest absolute Gasteiger partial charge is 0.255 e. The summed E-state index contributed by atoms with van der Waals surface area (Å²) in [5, 5.41) is 3.02. The number of ether oxygens (including phenoxy) is 1. The number of nitrogens with zero attached hydrogens (tertiary/aromatic N) is 1. The van der Waals surface area contributed by atoms with Crippen LogP contribution in [0.4, 0.5) is 5.69 Å². The first-order valence-electron chi connectivity index (χ1n) is 11.8. The van der Waals surface area contributed by atoms with Crippen LogP contribution in [0.3, 0.4) is 0 Å². The molecule has 0 saturated carbocycles. The molecule has 1 heterocycles. The van der Waals surface area contributed by atoms with E-state index in [1.807, 2.05) is 78.9 Å². The third-order valence-corrected chi connectivity index (χ3v) is 5.84. The summed E-state index contributed by atoms with van der Waals surface area (Å²) in [5.41, 5.74) is 6.37. The Morgan fingerprint density at radius 1 is 0.824 bits per heavy atom. The van der Waals surface area contributed by atoms with Gasteiger partial charge >= 0.3 is 0 Å². The molecule has 34 heavy (non-hydrogen) atoms. The summed E-state index contributed by atoms with van der Waals surface area (Å²) in [7, 11) is 1.66. The maximum Gasteiger partial charge on any atom is 0.255 e. The van der Waals surface area contributed by atoms with Gasteiger partial charge in [0.1, 0.15) is 5.75 Å². The SMILES string of the molecule is CCCCCc1ccc(C(=O)Nc2cccc(-c3cccc(-c4ccc(OC)cc4)n3)c2)cc1. The van der Waals surface area contributed by atoms with Gasteiger partial charge in [0.15, 0.2) is 0 Å². The van der Waals surface area contributed by atoms with Gasteiger partial charge in [0.25, 0.3) is 5.91 Å². The van der Waals surface area contributed by atoms with E-state index in [1.165, 1.54) is 24.8 Å². The van der Waals surface area contributed by atoms with Crippen molar-refractivity contribution < 1.29 is 9.53 Å². The molecule has 4 nitrogen and oxygen atoms in total. The maximum atomic E-state index is 12.8. The van der Waals surface area contributed by atoms with E-state index in [0.717, 1.165) is 40.4 Å². The Morgan fingerprint density at radius 2 is 1.53 bits per heavy atom. The van der Waals surface area contributed by atoms with Crippen molar-refractivity contribution in [1.29, 1.82) is 0 Å². The average Bonchev–Trinajstić information content (AvgIpc) is 2.89. The minimum absolute atomic E-state index is 0.114. The summed E-state index contributed by atoms with van der Waals surface area (Å²) < 4.78 is 5.25. The fraction of sp³-hybridized carbons (Fsp3) is 0.200. The predicted molar refractivity (Wildman–Crippen MR) is 139 cm³/mol. The lowest BCUT2D eigenvalue weighted by molar-refractivity contribution is 0.102. The van der Waals surface area contributed by atoms with E-state index in [9.17, 15) is 4.79 Å². The molecule has 1 amide bonds. The highest BCUT2D eigenvalue weighted by Crippen LogP contribution is 2.26. The molecule has 0 atom stereocenters. The Morgan fingerprint density at radius 3 is 2.24 bits per heavy atom. The van der Waals surface area contributed by atoms with Crippen LogP contribution in [-0.2, 0) is 6.42 Å². The number of benzene rings is 3. The van der Waals surface area contributed by atoms with Crippen LogP contribution in [0.1, 0.15) is 42.1 Å². The first-order chi connectivity index (χ1) is 16.7. The quantitative estimate of drug-likeness (QED) is 0.270. The lowest BCUT2D eigenvalue weighted by atomic mass is 10.0. The van der Waals surface area contributed by atoms with Crippen molar-refractivity contribution in [3.63, 3.8) is 0 Å². The molecule has 1 aromatic heterocycles. The number of unbranched alkanes of at least 4 members (excludes halogenated alkanes) is 2. The second-order valence-corrected chi connectivity index (χ2v) is 8.33. The van der Waals surface area contributed by atoms with E-state index in [1.54, 1.807) is 7.11 Å².